The highest BCUT2D eigenvalue weighted by Crippen LogP contribution is 1.87. The number of nitrogens with one attached hydrogen (secondary N) is 1. The molecule has 0 saturated heterocycles. The van der Waals surface area contributed by atoms with Crippen molar-refractivity contribution in [2.75, 3.05) is 6.54 Å². The molecule has 0 bridgehead atoms. The molecule has 1 atom stereocenters. The lowest BCUT2D eigenvalue weighted by atomic mass is 10.2. The lowest BCUT2D eigenvalue weighted by Crippen LogP contribution is -2.36. The van der Waals surface area contributed by atoms with E-state index in [1.807, 2.05) is 6.08 Å². The van der Waals surface area contributed by atoms with Crippen LogP contribution in [0.2, 0.25) is 0 Å². The van der Waals surface area contributed by atoms with Crippen LogP contribution in [0.1, 0.15) is 20.3 Å². The van der Waals surface area contributed by atoms with Crippen molar-refractivity contribution in [3.05, 3.63) is 12.7 Å². The van der Waals surface area contributed by atoms with E-state index in [1.165, 1.54) is 0 Å². The average molecular weight is 142 g/mol. The summed E-state index contributed by atoms with van der Waals surface area (Å²) in [7, 11) is 0. The van der Waals surface area contributed by atoms with E-state index in [0.717, 1.165) is 13.0 Å². The Labute approximate surface area is 63.5 Å². The second kappa shape index (κ2) is 5.45. The molecule has 0 aliphatic carbocycles. The van der Waals surface area contributed by atoms with Crippen LogP contribution in [0, 0.1) is 0 Å². The fraction of sp³-hybridized carbons (Fsp3) is 0.750. The molecule has 0 heterocycles. The smallest absolute Gasteiger partial charge is 0.0200 e. The van der Waals surface area contributed by atoms with Gasteiger partial charge in [0.15, 0.2) is 0 Å². The maximum atomic E-state index is 5.70. The predicted molar refractivity (Wildman–Crippen MR) is 45.9 cm³/mol. The Kier molecular flexibility index (Phi) is 5.26. The summed E-state index contributed by atoms with van der Waals surface area (Å²) in [6.45, 7) is 8.72. The number of rotatable bonds is 5. The molecule has 0 saturated carbocycles. The van der Waals surface area contributed by atoms with E-state index < -0.39 is 0 Å². The van der Waals surface area contributed by atoms with E-state index >= 15 is 0 Å². The summed E-state index contributed by atoms with van der Waals surface area (Å²) in [4.78, 5) is 0. The first-order valence-corrected chi connectivity index (χ1v) is 3.76. The monoisotopic (exact) mass is 142 g/mol. The summed E-state index contributed by atoms with van der Waals surface area (Å²) in [6.07, 6.45) is 2.74. The third kappa shape index (κ3) is 5.79. The maximum absolute atomic E-state index is 5.70. The van der Waals surface area contributed by atoms with Gasteiger partial charge in [-0.15, -0.1) is 6.58 Å². The van der Waals surface area contributed by atoms with Crippen molar-refractivity contribution in [3.8, 4) is 0 Å². The third-order valence-corrected chi connectivity index (χ3v) is 1.26. The molecular formula is C8H18N2. The van der Waals surface area contributed by atoms with Crippen molar-refractivity contribution < 1.29 is 0 Å². The molecule has 0 radical (unpaired) electrons. The standard InChI is InChI=1S/C8H18N2/c1-4-5-8(9)6-10-7(2)3/h4,7-8,10H,1,5-6,9H2,2-3H3/t8-/m0/s1. The summed E-state index contributed by atoms with van der Waals surface area (Å²) >= 11 is 0. The Balaban J connectivity index is 3.20. The summed E-state index contributed by atoms with van der Waals surface area (Å²) in [5, 5.41) is 3.26. The largest absolute Gasteiger partial charge is 0.326 e. The minimum Gasteiger partial charge on any atom is -0.326 e. The van der Waals surface area contributed by atoms with Crippen LogP contribution in [0.25, 0.3) is 0 Å². The molecule has 10 heavy (non-hydrogen) atoms. The normalized spacial score (nSPS) is 13.6. The van der Waals surface area contributed by atoms with Gasteiger partial charge in [0.2, 0.25) is 0 Å². The first kappa shape index (κ1) is 9.66. The van der Waals surface area contributed by atoms with Gasteiger partial charge in [0.25, 0.3) is 0 Å². The van der Waals surface area contributed by atoms with Gasteiger partial charge < -0.3 is 11.1 Å². The summed E-state index contributed by atoms with van der Waals surface area (Å²) in [5.41, 5.74) is 5.70. The molecule has 0 amide bonds. The molecule has 0 spiro atoms. The molecule has 0 aromatic carbocycles. The van der Waals surface area contributed by atoms with E-state index in [2.05, 4.69) is 25.7 Å². The zero-order valence-corrected chi connectivity index (χ0v) is 6.93. The molecule has 2 heteroatoms. The molecule has 0 unspecified atom stereocenters. The zero-order chi connectivity index (χ0) is 7.98. The van der Waals surface area contributed by atoms with E-state index in [9.17, 15) is 0 Å². The second-order valence-electron chi connectivity index (χ2n) is 2.85. The van der Waals surface area contributed by atoms with Crippen LogP contribution < -0.4 is 11.1 Å². The highest BCUT2D eigenvalue weighted by molar-refractivity contribution is 4.77. The Morgan fingerprint density at radius 1 is 1.60 bits per heavy atom. The van der Waals surface area contributed by atoms with Crippen molar-refractivity contribution in [3.63, 3.8) is 0 Å². The van der Waals surface area contributed by atoms with Crippen LogP contribution in [0.4, 0.5) is 0 Å². The predicted octanol–water partition coefficient (Wildman–Crippen LogP) is 0.888. The molecule has 0 fully saturated rings. The minimum atomic E-state index is 0.222. The molecular weight excluding hydrogens is 124 g/mol. The van der Waals surface area contributed by atoms with Gasteiger partial charge in [-0.1, -0.05) is 19.9 Å². The van der Waals surface area contributed by atoms with E-state index in [0.29, 0.717) is 6.04 Å². The molecule has 0 aromatic heterocycles. The van der Waals surface area contributed by atoms with Crippen molar-refractivity contribution >= 4 is 0 Å². The second-order valence-corrected chi connectivity index (χ2v) is 2.85. The van der Waals surface area contributed by atoms with Gasteiger partial charge in [0.05, 0.1) is 0 Å². The first-order valence-electron chi connectivity index (χ1n) is 3.76. The molecule has 2 nitrogen and oxygen atoms in total. The van der Waals surface area contributed by atoms with Crippen molar-refractivity contribution in [2.45, 2.75) is 32.4 Å². The minimum absolute atomic E-state index is 0.222. The SMILES string of the molecule is C=CC[C@H](N)CNC(C)C. The Hall–Kier alpha value is -0.340. The fourth-order valence-corrected chi connectivity index (χ4v) is 0.684. The summed E-state index contributed by atoms with van der Waals surface area (Å²) in [6, 6.07) is 0.746. The highest BCUT2D eigenvalue weighted by Gasteiger charge is 1.99. The topological polar surface area (TPSA) is 38.0 Å². The van der Waals surface area contributed by atoms with Crippen molar-refractivity contribution in [1.82, 2.24) is 5.32 Å². The van der Waals surface area contributed by atoms with Crippen LogP contribution in [0.5, 0.6) is 0 Å². The average Bonchev–Trinajstić information content (AvgIpc) is 1.85. The third-order valence-electron chi connectivity index (χ3n) is 1.26. The zero-order valence-electron chi connectivity index (χ0n) is 6.93. The van der Waals surface area contributed by atoms with Gasteiger partial charge in [-0.3, -0.25) is 0 Å². The van der Waals surface area contributed by atoms with Gasteiger partial charge >= 0.3 is 0 Å². The molecule has 0 aliphatic rings. The molecule has 0 rings (SSSR count). The Morgan fingerprint density at radius 2 is 2.20 bits per heavy atom. The Morgan fingerprint density at radius 3 is 2.60 bits per heavy atom. The highest BCUT2D eigenvalue weighted by atomic mass is 14.9. The first-order chi connectivity index (χ1) is 4.66. The van der Waals surface area contributed by atoms with Crippen LogP contribution in [0.15, 0.2) is 12.7 Å². The van der Waals surface area contributed by atoms with Gasteiger partial charge in [-0.05, 0) is 6.42 Å². The lowest BCUT2D eigenvalue weighted by molar-refractivity contribution is 0.528. The molecule has 0 aromatic rings. The molecule has 60 valence electrons. The number of nitrogens with two attached hydrogens (primary N) is 1. The van der Waals surface area contributed by atoms with E-state index in [1.54, 1.807) is 0 Å². The van der Waals surface area contributed by atoms with Crippen LogP contribution >= 0.6 is 0 Å². The number of hydrogen-bond acceptors (Lipinski definition) is 2. The van der Waals surface area contributed by atoms with Crippen molar-refractivity contribution in [1.29, 1.82) is 0 Å². The molecule has 0 aliphatic heterocycles. The van der Waals surface area contributed by atoms with Crippen LogP contribution in [0.3, 0.4) is 0 Å². The van der Waals surface area contributed by atoms with Gasteiger partial charge in [-0.2, -0.15) is 0 Å². The van der Waals surface area contributed by atoms with Crippen LogP contribution in [-0.2, 0) is 0 Å². The van der Waals surface area contributed by atoms with E-state index in [4.69, 9.17) is 5.73 Å². The van der Waals surface area contributed by atoms with Crippen LogP contribution in [-0.4, -0.2) is 18.6 Å². The summed E-state index contributed by atoms with van der Waals surface area (Å²) in [5.74, 6) is 0. The Bertz CT molecular complexity index is 89.3. The fourth-order valence-electron chi connectivity index (χ4n) is 0.684. The quantitative estimate of drug-likeness (QED) is 0.559. The van der Waals surface area contributed by atoms with E-state index in [-0.39, 0.29) is 6.04 Å². The lowest BCUT2D eigenvalue weighted by Gasteiger charge is -2.12. The molecule has 3 N–H and O–H groups in total. The van der Waals surface area contributed by atoms with Crippen molar-refractivity contribution in [2.24, 2.45) is 5.73 Å². The van der Waals surface area contributed by atoms with Gasteiger partial charge in [0.1, 0.15) is 0 Å². The maximum Gasteiger partial charge on any atom is 0.0200 e. The van der Waals surface area contributed by atoms with Gasteiger partial charge in [-0.25, -0.2) is 0 Å². The van der Waals surface area contributed by atoms with Gasteiger partial charge in [0, 0.05) is 18.6 Å². The summed E-state index contributed by atoms with van der Waals surface area (Å²) < 4.78 is 0. The number of hydrogen-bond donors (Lipinski definition) is 2.